The molecule has 12 aromatic rings. The molecular weight excluding hydrogens is 1670 g/mol. The molecule has 8 aromatic heterocycles. The number of benzene rings is 4. The van der Waals surface area contributed by atoms with Crippen molar-refractivity contribution in [2.45, 2.75) is 64.1 Å². The van der Waals surface area contributed by atoms with Crippen molar-refractivity contribution in [2.75, 3.05) is 143 Å². The molecule has 4 saturated heterocycles. The van der Waals surface area contributed by atoms with Gasteiger partial charge in [-0.15, -0.1) is 13.2 Å². The van der Waals surface area contributed by atoms with Gasteiger partial charge in [0.25, 0.3) is 23.6 Å². The summed E-state index contributed by atoms with van der Waals surface area (Å²) in [5, 5.41) is 29.1. The lowest BCUT2D eigenvalue weighted by Gasteiger charge is -2.36. The number of fused-ring (bicyclic) bond motifs is 7. The second-order valence-corrected chi connectivity index (χ2v) is 33.8. The highest BCUT2D eigenvalue weighted by Gasteiger charge is 2.35. The van der Waals surface area contributed by atoms with Crippen molar-refractivity contribution >= 4 is 162 Å². The Hall–Kier alpha value is -11.4. The highest BCUT2D eigenvalue weighted by atomic mass is 32.1. The first-order valence-corrected chi connectivity index (χ1v) is 43.3. The first kappa shape index (κ1) is 84.2. The Balaban J connectivity index is 0.000000121. The number of likely N-dealkylation sites (N-methyl/N-ethyl adjacent to an activating group) is 1. The quantitative estimate of drug-likeness (QED) is 0.0360. The zero-order valence-electron chi connectivity index (χ0n) is 65.8. The molecule has 0 aliphatic carbocycles. The summed E-state index contributed by atoms with van der Waals surface area (Å²) in [5.41, 5.74) is 6.05. The van der Waals surface area contributed by atoms with Crippen LogP contribution in [0.5, 0.6) is 11.5 Å². The Kier molecular flexibility index (Phi) is 26.5. The van der Waals surface area contributed by atoms with Crippen molar-refractivity contribution < 1.29 is 59.4 Å². The van der Waals surface area contributed by atoms with Crippen LogP contribution in [0.3, 0.4) is 0 Å². The lowest BCUT2D eigenvalue weighted by Crippen LogP contribution is -2.37. The van der Waals surface area contributed by atoms with Crippen molar-refractivity contribution in [2.24, 2.45) is 23.7 Å². The predicted octanol–water partition coefficient (Wildman–Crippen LogP) is 11.3. The maximum Gasteiger partial charge on any atom is 0.573 e. The van der Waals surface area contributed by atoms with Crippen LogP contribution in [0.1, 0.15) is 96.1 Å². The number of piperidine rings is 4. The van der Waals surface area contributed by atoms with Crippen LogP contribution in [0.15, 0.2) is 98.1 Å². The molecular formula is C80H84F7N25O6S4. The van der Waals surface area contributed by atoms with E-state index in [4.69, 9.17) is 4.74 Å². The van der Waals surface area contributed by atoms with Gasteiger partial charge in [0, 0.05) is 70.7 Å². The minimum atomic E-state index is -5.01. The number of hydrogen-bond donors (Lipinski definition) is 9. The van der Waals surface area contributed by atoms with Crippen molar-refractivity contribution in [1.29, 1.82) is 0 Å². The molecule has 4 amide bonds. The van der Waals surface area contributed by atoms with E-state index in [0.717, 1.165) is 163 Å². The van der Waals surface area contributed by atoms with Gasteiger partial charge in [0.05, 0.1) is 29.3 Å². The third-order valence-electron chi connectivity index (χ3n) is 21.8. The Bertz CT molecular complexity index is 5770. The van der Waals surface area contributed by atoms with Gasteiger partial charge in [-0.2, -0.15) is 0 Å². The van der Waals surface area contributed by atoms with Gasteiger partial charge in [-0.25, -0.2) is 77.4 Å². The number of rotatable bonds is 18. The van der Waals surface area contributed by atoms with Crippen LogP contribution >= 0.6 is 45.3 Å². The number of nitrogens with zero attached hydrogens (tertiary/aromatic N) is 16. The lowest BCUT2D eigenvalue weighted by molar-refractivity contribution is -0.274. The second kappa shape index (κ2) is 38.3. The molecule has 4 aromatic carbocycles. The van der Waals surface area contributed by atoms with E-state index in [2.05, 4.69) is 112 Å². The number of amides is 4. The van der Waals surface area contributed by atoms with E-state index in [1.54, 1.807) is 24.3 Å². The van der Waals surface area contributed by atoms with E-state index in [9.17, 15) is 49.9 Å². The van der Waals surface area contributed by atoms with Crippen molar-refractivity contribution in [3.63, 3.8) is 0 Å². The number of hydrogen-bond acceptors (Lipinski definition) is 31. The maximum atomic E-state index is 13.8. The molecule has 0 bridgehead atoms. The summed E-state index contributed by atoms with van der Waals surface area (Å²) >= 11 is 4.83. The van der Waals surface area contributed by atoms with Crippen LogP contribution in [0.25, 0.3) is 41.4 Å². The number of aromatic nitrogens is 12. The molecule has 0 radical (unpaired) electrons. The molecule has 31 nitrogen and oxygen atoms in total. The van der Waals surface area contributed by atoms with Crippen molar-refractivity contribution in [3.05, 3.63) is 147 Å². The topological polar surface area (TPSA) is 363 Å². The van der Waals surface area contributed by atoms with Crippen molar-refractivity contribution in [1.82, 2.24) is 102 Å². The molecule has 15 heterocycles. The smallest absolute Gasteiger partial charge is 0.489 e. The van der Waals surface area contributed by atoms with Gasteiger partial charge in [0.2, 0.25) is 0 Å². The van der Waals surface area contributed by atoms with E-state index in [-0.39, 0.29) is 63.1 Å². The first-order chi connectivity index (χ1) is 59.3. The summed E-state index contributed by atoms with van der Waals surface area (Å²) in [6.07, 6.45) is 9.73. The van der Waals surface area contributed by atoms with Gasteiger partial charge in [0.15, 0.2) is 49.1 Å². The Morgan fingerprint density at radius 1 is 0.443 bits per heavy atom. The molecule has 19 rings (SSSR count). The summed E-state index contributed by atoms with van der Waals surface area (Å²) in [7, 11) is 1.94. The number of carbonyl (C=O) groups excluding carboxylic acids is 4. The number of halogens is 7. The fourth-order valence-electron chi connectivity index (χ4n) is 15.3. The summed E-state index contributed by atoms with van der Waals surface area (Å²) in [6, 6.07) is 16.6. The predicted molar refractivity (Wildman–Crippen MR) is 452 cm³/mol. The number of alkyl halides is 3. The van der Waals surface area contributed by atoms with Crippen LogP contribution in [-0.4, -0.2) is 208 Å². The summed E-state index contributed by atoms with van der Waals surface area (Å²) in [4.78, 5) is 113. The van der Waals surface area contributed by atoms with E-state index in [0.29, 0.717) is 162 Å². The van der Waals surface area contributed by atoms with Crippen molar-refractivity contribution in [3.8, 4) is 11.5 Å². The number of thiazole rings is 4. The fourth-order valence-corrected chi connectivity index (χ4v) is 18.6. The van der Waals surface area contributed by atoms with Gasteiger partial charge in [-0.3, -0.25) is 19.2 Å². The molecule has 0 saturated carbocycles. The molecule has 0 unspecified atom stereocenters. The summed E-state index contributed by atoms with van der Waals surface area (Å²) < 4.78 is 102. The second-order valence-electron chi connectivity index (χ2n) is 29.9. The maximum absolute atomic E-state index is 13.8. The zero-order chi connectivity index (χ0) is 84.4. The molecule has 4 fully saturated rings. The molecule has 42 heteroatoms. The minimum absolute atomic E-state index is 0.0577. The Labute approximate surface area is 709 Å². The van der Waals surface area contributed by atoms with Crippen LogP contribution in [0, 0.1) is 46.9 Å². The van der Waals surface area contributed by atoms with E-state index in [1.807, 2.05) is 26.6 Å². The molecule has 0 spiro atoms. The van der Waals surface area contributed by atoms with Crippen LogP contribution in [-0.2, 0) is 6.42 Å². The highest BCUT2D eigenvalue weighted by Crippen LogP contribution is 2.44. The van der Waals surface area contributed by atoms with E-state index >= 15 is 0 Å². The average Bonchev–Trinajstić information content (AvgIpc) is 1.50. The lowest BCUT2D eigenvalue weighted by atomic mass is 9.98. The molecule has 7 aliphatic rings. The zero-order valence-corrected chi connectivity index (χ0v) is 69.1. The SMILES string of the molecule is CN1CCN(c2ncnc3sc(C(=O)NCC4CCNCC4)nc23)c2ccc(F)cc21.O=C(NCC1CCNCC1)c1nc2c(N3CCOc4cc(F)ccc43)ncnc2s1.O=C(NCC1CCNCC1)c1nc2c(N3CCc4cc(F)ccc43)ncnc2s1.O=C(NCC1CCNCC1)c1nc2c(Nc3ccc(F)cc3OC(F)(F)F)ncnc2s1. The third kappa shape index (κ3) is 20.2. The van der Waals surface area contributed by atoms with Crippen LogP contribution < -0.4 is 76.9 Å². The monoisotopic (exact) mass is 1750 g/mol. The van der Waals surface area contributed by atoms with Gasteiger partial charge in [-0.05, 0) is 200 Å². The number of nitrogens with one attached hydrogen (secondary N) is 9. The number of ether oxygens (including phenoxy) is 2. The number of anilines is 9. The summed E-state index contributed by atoms with van der Waals surface area (Å²) in [6.45, 7) is 13.3. The average molecular weight is 1750 g/mol. The normalized spacial score (nSPS) is 16.5. The van der Waals surface area contributed by atoms with Gasteiger partial charge < -0.3 is 76.9 Å². The van der Waals surface area contributed by atoms with Gasteiger partial charge in [-0.1, -0.05) is 45.3 Å². The number of carbonyl (C=O) groups is 4. The molecule has 638 valence electrons. The van der Waals surface area contributed by atoms with Gasteiger partial charge in [0.1, 0.15) is 102 Å². The molecule has 7 aliphatic heterocycles. The highest BCUT2D eigenvalue weighted by molar-refractivity contribution is 7.21. The Morgan fingerprint density at radius 3 is 1.30 bits per heavy atom. The minimum Gasteiger partial charge on any atom is -0.489 e. The molecule has 122 heavy (non-hydrogen) atoms. The molecule has 0 atom stereocenters. The summed E-state index contributed by atoms with van der Waals surface area (Å²) in [5.74, 6) is 0.867. The Morgan fingerprint density at radius 2 is 0.828 bits per heavy atom. The third-order valence-corrected chi connectivity index (χ3v) is 25.6. The largest absolute Gasteiger partial charge is 0.573 e. The standard InChI is InChI=1S/C21H24FN7OS.C20H21FN6O2S.C20H21FN6OS.C19H18F4N6O2S/c1-28-8-9-29(15-3-2-14(22)10-16(15)28)18-17-20(26-12-25-18)31-21(27-17)19(30)24-11-13-4-6-23-7-5-13;21-13-1-2-14-15(9-13)29-8-7-27(14)17-16-19(25-11-24-17)30-20(26-16)18(28)23-10-12-3-5-22-6-4-12;21-14-1-2-15-13(9-14)5-8-27(15)17-16-19(25-11-24-17)29-20(26-16)18(28)23-10-12-3-6-22-7-4-12;20-11-1-2-12(13(7-11)31-19(21,22)23)28-15-14-17(27-9-26-15)32-18(29-14)16(30)25-8-10-3-5-24-6-4-10/h2-3,10,12-13,23H,4-9,11H2,1H3,(H,24,30);1-2,9,11-12,22H,3-8,10H2,(H,23,28);1-2,9,11-12,22H,3-8,10H2,(H,23,28);1-2,7,9-10,24H,3-6,8H2,(H,25,30)(H,26,27,28). The van der Waals surface area contributed by atoms with E-state index in [1.165, 1.54) is 89.7 Å². The van der Waals surface area contributed by atoms with E-state index < -0.39 is 17.9 Å². The first-order valence-electron chi connectivity index (χ1n) is 40.0. The van der Waals surface area contributed by atoms with Gasteiger partial charge >= 0.3 is 6.36 Å². The fraction of sp³-hybridized carbons (Fsp3) is 0.400. The molecule has 9 N–H and O–H groups in total. The van der Waals surface area contributed by atoms with Crippen LogP contribution in [0.2, 0.25) is 0 Å². The van der Waals surface area contributed by atoms with Crippen LogP contribution in [0.4, 0.5) is 82.4 Å².